The van der Waals surface area contributed by atoms with Crippen LogP contribution in [0.1, 0.15) is 77.3 Å². The summed E-state index contributed by atoms with van der Waals surface area (Å²) in [7, 11) is 0. The van der Waals surface area contributed by atoms with E-state index in [9.17, 15) is 19.8 Å². The van der Waals surface area contributed by atoms with Gasteiger partial charge in [-0.05, 0) is 89.8 Å². The van der Waals surface area contributed by atoms with Gasteiger partial charge in [0.15, 0.2) is 11.5 Å². The molecule has 0 unspecified atom stereocenters. The maximum Gasteiger partial charge on any atom is 0.309 e. The Kier molecular flexibility index (Phi) is 8.79. The molecule has 6 nitrogen and oxygen atoms in total. The monoisotopic (exact) mass is 394 g/mol. The highest BCUT2D eigenvalue weighted by Crippen LogP contribution is 2.33. The van der Waals surface area contributed by atoms with Crippen LogP contribution in [0, 0.1) is 5.41 Å². The Balaban J connectivity index is 2.57. The number of carbonyl (C=O) groups is 2. The summed E-state index contributed by atoms with van der Waals surface area (Å²) in [5.41, 5.74) is 0.402. The second kappa shape index (κ2) is 10.3. The Morgan fingerprint density at radius 3 is 2.21 bits per heavy atom. The van der Waals surface area contributed by atoms with Crippen molar-refractivity contribution in [3.05, 3.63) is 23.3 Å². The van der Waals surface area contributed by atoms with Crippen molar-refractivity contribution in [2.24, 2.45) is 5.41 Å². The fourth-order valence-electron chi connectivity index (χ4n) is 3.14. The Hall–Kier alpha value is -2.24. The third-order valence-electron chi connectivity index (χ3n) is 5.17. The normalized spacial score (nSPS) is 12.0. The fourth-order valence-corrected chi connectivity index (χ4v) is 3.14. The summed E-state index contributed by atoms with van der Waals surface area (Å²) in [4.78, 5) is 21.6. The zero-order valence-electron chi connectivity index (χ0n) is 17.5. The highest BCUT2D eigenvalue weighted by molar-refractivity contribution is 5.73. The number of unbranched alkanes of at least 4 members (excludes halogenated alkanes) is 2. The van der Waals surface area contributed by atoms with E-state index in [0.717, 1.165) is 44.1 Å². The first-order valence-electron chi connectivity index (χ1n) is 9.87. The van der Waals surface area contributed by atoms with Gasteiger partial charge in [0.05, 0.1) is 5.41 Å². The molecule has 0 radical (unpaired) electrons. The number of ether oxygens (including phenoxy) is 1. The van der Waals surface area contributed by atoms with Crippen LogP contribution in [0.4, 0.5) is 0 Å². The summed E-state index contributed by atoms with van der Waals surface area (Å²) in [6.45, 7) is 7.63. The number of carboxylic acids is 1. The lowest BCUT2D eigenvalue weighted by molar-refractivity contribution is -0.147. The number of phenols is 2. The lowest BCUT2D eigenvalue weighted by Crippen LogP contribution is -2.23. The summed E-state index contributed by atoms with van der Waals surface area (Å²) in [5.74, 6) is -0.999. The number of benzene rings is 1. The van der Waals surface area contributed by atoms with Crippen LogP contribution in [0.5, 0.6) is 11.5 Å². The summed E-state index contributed by atoms with van der Waals surface area (Å²) in [6, 6.07) is 3.48. The molecule has 0 aliphatic heterocycles. The van der Waals surface area contributed by atoms with Gasteiger partial charge in [-0.1, -0.05) is 12.5 Å². The van der Waals surface area contributed by atoms with Crippen LogP contribution < -0.4 is 0 Å². The van der Waals surface area contributed by atoms with Crippen molar-refractivity contribution < 1.29 is 29.6 Å². The summed E-state index contributed by atoms with van der Waals surface area (Å²) < 4.78 is 5.03. The Morgan fingerprint density at radius 1 is 1.00 bits per heavy atom. The second-order valence-corrected chi connectivity index (χ2v) is 8.70. The molecule has 0 atom stereocenters. The molecule has 1 aromatic carbocycles. The summed E-state index contributed by atoms with van der Waals surface area (Å²) in [5, 5.41) is 29.3. The first-order valence-corrected chi connectivity index (χ1v) is 9.87. The molecule has 3 N–H and O–H groups in total. The van der Waals surface area contributed by atoms with Gasteiger partial charge in [0, 0.05) is 0 Å². The van der Waals surface area contributed by atoms with E-state index in [1.165, 1.54) is 0 Å². The van der Waals surface area contributed by atoms with Crippen molar-refractivity contribution >= 4 is 12.4 Å². The SMILES string of the molecule is CC(C)(CCCCc1cc(CCCCC(C)(C)C(=O)O)cc(O)c1O)OC=O. The first-order chi connectivity index (χ1) is 13.0. The van der Waals surface area contributed by atoms with E-state index >= 15 is 0 Å². The van der Waals surface area contributed by atoms with Crippen LogP contribution in [-0.2, 0) is 27.2 Å². The largest absolute Gasteiger partial charge is 0.504 e. The number of hydrogen-bond donors (Lipinski definition) is 3. The number of phenolic OH excluding ortho intramolecular Hbond substituents is 2. The van der Waals surface area contributed by atoms with E-state index in [1.54, 1.807) is 19.9 Å². The van der Waals surface area contributed by atoms with Gasteiger partial charge < -0.3 is 20.1 Å². The van der Waals surface area contributed by atoms with Crippen LogP contribution >= 0.6 is 0 Å². The van der Waals surface area contributed by atoms with E-state index in [2.05, 4.69) is 0 Å². The summed E-state index contributed by atoms with van der Waals surface area (Å²) >= 11 is 0. The van der Waals surface area contributed by atoms with Crippen LogP contribution in [0.3, 0.4) is 0 Å². The lowest BCUT2D eigenvalue weighted by Gasteiger charge is -2.22. The minimum Gasteiger partial charge on any atom is -0.504 e. The van der Waals surface area contributed by atoms with Crippen LogP contribution in [-0.4, -0.2) is 33.4 Å². The Labute approximate surface area is 167 Å². The van der Waals surface area contributed by atoms with Crippen LogP contribution in [0.2, 0.25) is 0 Å². The van der Waals surface area contributed by atoms with E-state index in [0.29, 0.717) is 24.9 Å². The van der Waals surface area contributed by atoms with E-state index in [-0.39, 0.29) is 11.5 Å². The number of aliphatic carboxylic acids is 1. The van der Waals surface area contributed by atoms with Gasteiger partial charge in [-0.3, -0.25) is 9.59 Å². The number of rotatable bonds is 13. The molecule has 0 bridgehead atoms. The molecule has 0 amide bonds. The third-order valence-corrected chi connectivity index (χ3v) is 5.17. The number of carboxylic acid groups (broad SMARTS) is 1. The fraction of sp³-hybridized carbons (Fsp3) is 0.636. The molecule has 6 heteroatoms. The zero-order chi connectivity index (χ0) is 21.4. The zero-order valence-corrected chi connectivity index (χ0v) is 17.5. The topological polar surface area (TPSA) is 104 Å². The van der Waals surface area contributed by atoms with E-state index < -0.39 is 17.0 Å². The number of aryl methyl sites for hydroxylation is 2. The lowest BCUT2D eigenvalue weighted by atomic mass is 9.87. The summed E-state index contributed by atoms with van der Waals surface area (Å²) in [6.07, 6.45) is 5.88. The maximum atomic E-state index is 11.1. The predicted molar refractivity (Wildman–Crippen MR) is 108 cm³/mol. The maximum absolute atomic E-state index is 11.1. The second-order valence-electron chi connectivity index (χ2n) is 8.70. The molecular formula is C22H34O6. The number of hydrogen-bond acceptors (Lipinski definition) is 5. The quantitative estimate of drug-likeness (QED) is 0.257. The van der Waals surface area contributed by atoms with Gasteiger partial charge >= 0.3 is 5.97 Å². The smallest absolute Gasteiger partial charge is 0.309 e. The highest BCUT2D eigenvalue weighted by Gasteiger charge is 2.26. The van der Waals surface area contributed by atoms with Gasteiger partial charge in [0.1, 0.15) is 5.60 Å². The molecule has 158 valence electrons. The standard InChI is InChI=1S/C22H34O6/c1-21(2,20(26)27)11-7-5-9-16-13-17(19(25)18(24)14-16)10-6-8-12-22(3,4)28-15-23/h13-15,24-25H,5-12H2,1-4H3,(H,26,27). The third kappa shape index (κ3) is 7.79. The molecular weight excluding hydrogens is 360 g/mol. The van der Waals surface area contributed by atoms with Gasteiger partial charge in [-0.15, -0.1) is 0 Å². The molecule has 0 aromatic heterocycles. The molecule has 1 aromatic rings. The predicted octanol–water partition coefficient (Wildman–Crippen LogP) is 4.59. The minimum absolute atomic E-state index is 0.0841. The van der Waals surface area contributed by atoms with Gasteiger partial charge in [-0.25, -0.2) is 0 Å². The van der Waals surface area contributed by atoms with Crippen molar-refractivity contribution in [2.45, 2.75) is 84.7 Å². The highest BCUT2D eigenvalue weighted by atomic mass is 16.5. The van der Waals surface area contributed by atoms with Crippen molar-refractivity contribution in [3.8, 4) is 11.5 Å². The van der Waals surface area contributed by atoms with E-state index in [4.69, 9.17) is 9.84 Å². The van der Waals surface area contributed by atoms with Crippen molar-refractivity contribution in [1.29, 1.82) is 0 Å². The minimum atomic E-state index is -0.793. The molecule has 0 saturated heterocycles. The van der Waals surface area contributed by atoms with Crippen LogP contribution in [0.25, 0.3) is 0 Å². The first kappa shape index (κ1) is 23.8. The van der Waals surface area contributed by atoms with E-state index in [1.807, 2.05) is 19.9 Å². The molecule has 0 saturated carbocycles. The number of carbonyl (C=O) groups excluding carboxylic acids is 1. The molecule has 28 heavy (non-hydrogen) atoms. The molecule has 1 rings (SSSR count). The molecule has 0 heterocycles. The average molecular weight is 395 g/mol. The Morgan fingerprint density at radius 2 is 1.61 bits per heavy atom. The average Bonchev–Trinajstić information content (AvgIpc) is 2.59. The van der Waals surface area contributed by atoms with Gasteiger partial charge in [0.25, 0.3) is 6.47 Å². The van der Waals surface area contributed by atoms with Crippen molar-refractivity contribution in [1.82, 2.24) is 0 Å². The molecule has 0 spiro atoms. The molecule has 0 aliphatic rings. The number of aromatic hydroxyl groups is 2. The van der Waals surface area contributed by atoms with Gasteiger partial charge in [0.2, 0.25) is 0 Å². The molecule has 0 fully saturated rings. The van der Waals surface area contributed by atoms with Gasteiger partial charge in [-0.2, -0.15) is 0 Å². The van der Waals surface area contributed by atoms with Crippen LogP contribution in [0.15, 0.2) is 12.1 Å². The van der Waals surface area contributed by atoms with Crippen molar-refractivity contribution in [2.75, 3.05) is 0 Å². The van der Waals surface area contributed by atoms with Crippen molar-refractivity contribution in [3.63, 3.8) is 0 Å². The Bertz CT molecular complexity index is 663. The molecule has 0 aliphatic carbocycles.